The van der Waals surface area contributed by atoms with Gasteiger partial charge in [-0.2, -0.15) is 13.2 Å². The van der Waals surface area contributed by atoms with Crippen LogP contribution < -0.4 is 15.0 Å². The van der Waals surface area contributed by atoms with Gasteiger partial charge in [-0.1, -0.05) is 12.1 Å². The molecule has 8 heteroatoms. The predicted molar refractivity (Wildman–Crippen MR) is 109 cm³/mol. The first-order valence-corrected chi connectivity index (χ1v) is 9.31. The van der Waals surface area contributed by atoms with E-state index in [2.05, 4.69) is 5.32 Å². The second-order valence-electron chi connectivity index (χ2n) is 6.66. The molecule has 2 aromatic carbocycles. The number of methoxy groups -OCH3 is 1. The van der Waals surface area contributed by atoms with Crippen molar-refractivity contribution in [1.29, 1.82) is 0 Å². The van der Waals surface area contributed by atoms with Crippen molar-refractivity contribution in [3.8, 4) is 5.75 Å². The van der Waals surface area contributed by atoms with E-state index in [0.29, 0.717) is 42.7 Å². The molecule has 0 atom stereocenters. The standard InChI is InChI=1S/C20H22F3N3OS/c1-14-6-7-18(27-2)17(12-14)24-19(28)26-10-8-25(9-11-26)16-5-3-4-15(13-16)20(21,22)23/h3-7,12-13H,8-11H2,1-2H3,(H,24,28). The average molecular weight is 409 g/mol. The molecule has 28 heavy (non-hydrogen) atoms. The molecule has 0 aromatic heterocycles. The molecule has 0 radical (unpaired) electrons. The van der Waals surface area contributed by atoms with Crippen molar-refractivity contribution in [2.24, 2.45) is 0 Å². The van der Waals surface area contributed by atoms with Gasteiger partial charge in [0.1, 0.15) is 5.75 Å². The molecule has 4 nitrogen and oxygen atoms in total. The maximum absolute atomic E-state index is 12.9. The minimum absolute atomic E-state index is 0.576. The van der Waals surface area contributed by atoms with Crippen LogP contribution in [0, 0.1) is 6.92 Å². The molecule has 1 N–H and O–H groups in total. The van der Waals surface area contributed by atoms with Crippen LogP contribution in [0.25, 0.3) is 0 Å². The zero-order chi connectivity index (χ0) is 20.3. The van der Waals surface area contributed by atoms with E-state index in [1.807, 2.05) is 34.9 Å². The van der Waals surface area contributed by atoms with Gasteiger partial charge >= 0.3 is 6.18 Å². The van der Waals surface area contributed by atoms with Crippen molar-refractivity contribution < 1.29 is 17.9 Å². The van der Waals surface area contributed by atoms with Crippen LogP contribution in [0.1, 0.15) is 11.1 Å². The zero-order valence-corrected chi connectivity index (χ0v) is 16.5. The van der Waals surface area contributed by atoms with Crippen LogP contribution in [-0.4, -0.2) is 43.3 Å². The monoisotopic (exact) mass is 409 g/mol. The van der Waals surface area contributed by atoms with Gasteiger partial charge in [-0.3, -0.25) is 0 Å². The van der Waals surface area contributed by atoms with Crippen molar-refractivity contribution in [1.82, 2.24) is 4.90 Å². The summed E-state index contributed by atoms with van der Waals surface area (Å²) in [6.45, 7) is 4.41. The molecule has 0 aliphatic carbocycles. The third-order valence-electron chi connectivity index (χ3n) is 4.70. The summed E-state index contributed by atoms with van der Waals surface area (Å²) in [4.78, 5) is 3.96. The number of rotatable bonds is 3. The first kappa shape index (κ1) is 20.3. The number of thiocarbonyl (C=S) groups is 1. The third kappa shape index (κ3) is 4.67. The number of hydrogen-bond acceptors (Lipinski definition) is 3. The molecule has 2 aromatic rings. The van der Waals surface area contributed by atoms with E-state index in [1.165, 1.54) is 12.1 Å². The highest BCUT2D eigenvalue weighted by Gasteiger charge is 2.31. The Morgan fingerprint density at radius 1 is 1.07 bits per heavy atom. The Morgan fingerprint density at radius 2 is 1.79 bits per heavy atom. The smallest absolute Gasteiger partial charge is 0.416 e. The zero-order valence-electron chi connectivity index (χ0n) is 15.7. The Bertz CT molecular complexity index is 849. The molecular formula is C20H22F3N3OS. The fourth-order valence-electron chi connectivity index (χ4n) is 3.16. The molecule has 1 saturated heterocycles. The summed E-state index contributed by atoms with van der Waals surface area (Å²) < 4.78 is 44.2. The molecule has 1 aliphatic heterocycles. The number of nitrogens with one attached hydrogen (secondary N) is 1. The number of ether oxygens (including phenoxy) is 1. The van der Waals surface area contributed by atoms with Crippen LogP contribution in [-0.2, 0) is 6.18 Å². The largest absolute Gasteiger partial charge is 0.495 e. The highest BCUT2D eigenvalue weighted by atomic mass is 32.1. The lowest BCUT2D eigenvalue weighted by atomic mass is 10.1. The maximum Gasteiger partial charge on any atom is 0.416 e. The van der Waals surface area contributed by atoms with Crippen LogP contribution in [0.4, 0.5) is 24.5 Å². The number of alkyl halides is 3. The van der Waals surface area contributed by atoms with E-state index in [-0.39, 0.29) is 0 Å². The lowest BCUT2D eigenvalue weighted by Crippen LogP contribution is -2.50. The first-order valence-electron chi connectivity index (χ1n) is 8.90. The number of halogens is 3. The van der Waals surface area contributed by atoms with E-state index in [4.69, 9.17) is 17.0 Å². The number of hydrogen-bond donors (Lipinski definition) is 1. The number of nitrogens with zero attached hydrogens (tertiary/aromatic N) is 2. The summed E-state index contributed by atoms with van der Waals surface area (Å²) in [5, 5.41) is 3.80. The minimum atomic E-state index is -4.34. The van der Waals surface area contributed by atoms with Gasteiger partial charge in [0.25, 0.3) is 0 Å². The highest BCUT2D eigenvalue weighted by Crippen LogP contribution is 2.32. The summed E-state index contributed by atoms with van der Waals surface area (Å²) in [5.41, 5.74) is 1.83. The normalized spacial score (nSPS) is 14.8. The van der Waals surface area contributed by atoms with Gasteiger partial charge in [-0.25, -0.2) is 0 Å². The Morgan fingerprint density at radius 3 is 2.43 bits per heavy atom. The molecule has 1 heterocycles. The third-order valence-corrected chi connectivity index (χ3v) is 5.06. The van der Waals surface area contributed by atoms with E-state index in [9.17, 15) is 13.2 Å². The lowest BCUT2D eigenvalue weighted by molar-refractivity contribution is -0.137. The fourth-order valence-corrected chi connectivity index (χ4v) is 3.45. The molecular weight excluding hydrogens is 387 g/mol. The number of aryl methyl sites for hydroxylation is 1. The van der Waals surface area contributed by atoms with Crippen LogP contribution in [0.5, 0.6) is 5.75 Å². The lowest BCUT2D eigenvalue weighted by Gasteiger charge is -2.37. The van der Waals surface area contributed by atoms with Crippen LogP contribution in [0.15, 0.2) is 42.5 Å². The molecule has 3 rings (SSSR count). The number of piperazine rings is 1. The van der Waals surface area contributed by atoms with Gasteiger partial charge in [0.2, 0.25) is 0 Å². The first-order chi connectivity index (χ1) is 13.3. The summed E-state index contributed by atoms with van der Waals surface area (Å²) >= 11 is 5.52. The Balaban J connectivity index is 1.63. The van der Waals surface area contributed by atoms with Crippen LogP contribution >= 0.6 is 12.2 Å². The van der Waals surface area contributed by atoms with E-state index in [0.717, 1.165) is 17.3 Å². The SMILES string of the molecule is COc1ccc(C)cc1NC(=S)N1CCN(c2cccc(C(F)(F)F)c2)CC1. The van der Waals surface area contributed by atoms with Crippen molar-refractivity contribution >= 4 is 28.7 Å². The van der Waals surface area contributed by atoms with E-state index >= 15 is 0 Å². The predicted octanol–water partition coefficient (Wildman–Crippen LogP) is 4.54. The average Bonchev–Trinajstić information content (AvgIpc) is 2.68. The van der Waals surface area contributed by atoms with E-state index in [1.54, 1.807) is 13.2 Å². The molecule has 0 amide bonds. The van der Waals surface area contributed by atoms with Crippen LogP contribution in [0.3, 0.4) is 0 Å². The van der Waals surface area contributed by atoms with Gasteiger partial charge in [0.05, 0.1) is 18.4 Å². The number of benzene rings is 2. The topological polar surface area (TPSA) is 27.7 Å². The molecule has 0 bridgehead atoms. The summed E-state index contributed by atoms with van der Waals surface area (Å²) in [7, 11) is 1.60. The Hall–Kier alpha value is -2.48. The van der Waals surface area contributed by atoms with Gasteiger partial charge < -0.3 is 19.9 Å². The van der Waals surface area contributed by atoms with Crippen molar-refractivity contribution in [2.45, 2.75) is 13.1 Å². The van der Waals surface area contributed by atoms with E-state index < -0.39 is 11.7 Å². The summed E-state index contributed by atoms with van der Waals surface area (Å²) in [5.74, 6) is 0.704. The van der Waals surface area contributed by atoms with Crippen molar-refractivity contribution in [3.63, 3.8) is 0 Å². The fraction of sp³-hybridized carbons (Fsp3) is 0.350. The molecule has 1 fully saturated rings. The van der Waals surface area contributed by atoms with Crippen molar-refractivity contribution in [3.05, 3.63) is 53.6 Å². The Labute approximate surface area is 167 Å². The molecule has 0 unspecified atom stereocenters. The quantitative estimate of drug-likeness (QED) is 0.752. The van der Waals surface area contributed by atoms with Gasteiger partial charge in [-0.15, -0.1) is 0 Å². The maximum atomic E-state index is 12.9. The highest BCUT2D eigenvalue weighted by molar-refractivity contribution is 7.80. The van der Waals surface area contributed by atoms with Crippen LogP contribution in [0.2, 0.25) is 0 Å². The molecule has 150 valence electrons. The van der Waals surface area contributed by atoms with Gasteiger partial charge in [0.15, 0.2) is 5.11 Å². The second kappa shape index (κ2) is 8.26. The summed E-state index contributed by atoms with van der Waals surface area (Å²) in [6, 6.07) is 11.2. The Kier molecular flexibility index (Phi) is 5.98. The molecule has 1 aliphatic rings. The minimum Gasteiger partial charge on any atom is -0.495 e. The van der Waals surface area contributed by atoms with Gasteiger partial charge in [-0.05, 0) is 55.0 Å². The number of anilines is 2. The molecule has 0 saturated carbocycles. The molecule has 0 spiro atoms. The van der Waals surface area contributed by atoms with Gasteiger partial charge in [0, 0.05) is 31.9 Å². The summed E-state index contributed by atoms with van der Waals surface area (Å²) in [6.07, 6.45) is -4.34. The second-order valence-corrected chi connectivity index (χ2v) is 7.04. The van der Waals surface area contributed by atoms with Crippen molar-refractivity contribution in [2.75, 3.05) is 43.5 Å².